The fraction of sp³-hybridized carbons (Fsp3) is 0.0526. The van der Waals surface area contributed by atoms with E-state index >= 15 is 0 Å². The van der Waals surface area contributed by atoms with Crippen LogP contribution in [0.1, 0.15) is 17.3 Å². The SMILES string of the molecule is CC(=O)Oc1ccccc1-c1ccc2c(C(N)=O)cccc2c1. The summed E-state index contributed by atoms with van der Waals surface area (Å²) in [4.78, 5) is 22.8. The molecule has 4 nitrogen and oxygen atoms in total. The summed E-state index contributed by atoms with van der Waals surface area (Å²) in [5.74, 6) is -0.316. The first-order valence-electron chi connectivity index (χ1n) is 7.16. The number of carbonyl (C=O) groups is 2. The largest absolute Gasteiger partial charge is 0.426 e. The number of rotatable bonds is 3. The molecule has 114 valence electrons. The normalized spacial score (nSPS) is 10.5. The van der Waals surface area contributed by atoms with Crippen LogP contribution in [0.4, 0.5) is 0 Å². The van der Waals surface area contributed by atoms with E-state index in [0.717, 1.165) is 21.9 Å². The average molecular weight is 305 g/mol. The number of hydrogen-bond acceptors (Lipinski definition) is 3. The zero-order valence-corrected chi connectivity index (χ0v) is 12.6. The predicted octanol–water partition coefficient (Wildman–Crippen LogP) is 3.53. The van der Waals surface area contributed by atoms with Gasteiger partial charge in [0.2, 0.25) is 5.91 Å². The van der Waals surface area contributed by atoms with Gasteiger partial charge in [0.15, 0.2) is 0 Å². The second-order valence-electron chi connectivity index (χ2n) is 5.20. The number of esters is 1. The molecule has 0 saturated carbocycles. The van der Waals surface area contributed by atoms with Gasteiger partial charge in [0.1, 0.15) is 5.75 Å². The van der Waals surface area contributed by atoms with Crippen LogP contribution in [0, 0.1) is 0 Å². The van der Waals surface area contributed by atoms with Crippen molar-refractivity contribution in [2.24, 2.45) is 5.73 Å². The van der Waals surface area contributed by atoms with Gasteiger partial charge in [-0.3, -0.25) is 9.59 Å². The molecule has 0 aliphatic carbocycles. The van der Waals surface area contributed by atoms with Crippen LogP contribution < -0.4 is 10.5 Å². The number of nitrogens with two attached hydrogens (primary N) is 1. The van der Waals surface area contributed by atoms with Crippen LogP contribution in [-0.2, 0) is 4.79 Å². The molecule has 3 aromatic rings. The lowest BCUT2D eigenvalue weighted by Crippen LogP contribution is -2.11. The van der Waals surface area contributed by atoms with Gasteiger partial charge < -0.3 is 10.5 Å². The minimum Gasteiger partial charge on any atom is -0.426 e. The molecular formula is C19H15NO3. The van der Waals surface area contributed by atoms with Crippen LogP contribution in [0.15, 0.2) is 60.7 Å². The number of hydrogen-bond donors (Lipinski definition) is 1. The Morgan fingerprint density at radius 1 is 0.957 bits per heavy atom. The number of amides is 1. The van der Waals surface area contributed by atoms with E-state index in [1.807, 2.05) is 42.5 Å². The third-order valence-corrected chi connectivity index (χ3v) is 3.60. The fourth-order valence-corrected chi connectivity index (χ4v) is 2.62. The molecule has 0 fully saturated rings. The van der Waals surface area contributed by atoms with E-state index in [2.05, 4.69) is 0 Å². The lowest BCUT2D eigenvalue weighted by molar-refractivity contribution is -0.131. The number of ether oxygens (including phenoxy) is 1. The van der Waals surface area contributed by atoms with Crippen molar-refractivity contribution in [3.05, 3.63) is 66.2 Å². The Hall–Kier alpha value is -3.14. The topological polar surface area (TPSA) is 69.4 Å². The summed E-state index contributed by atoms with van der Waals surface area (Å²) in [5.41, 5.74) is 7.61. The van der Waals surface area contributed by atoms with E-state index in [9.17, 15) is 9.59 Å². The second kappa shape index (κ2) is 5.93. The molecule has 0 atom stereocenters. The van der Waals surface area contributed by atoms with Gasteiger partial charge in [-0.05, 0) is 34.5 Å². The molecule has 0 heterocycles. The summed E-state index contributed by atoms with van der Waals surface area (Å²) in [6, 6.07) is 18.4. The molecule has 0 aliphatic rings. The Labute approximate surface area is 133 Å². The summed E-state index contributed by atoms with van der Waals surface area (Å²) in [6.45, 7) is 1.37. The Bertz CT molecular complexity index is 915. The molecule has 0 aliphatic heterocycles. The van der Waals surface area contributed by atoms with E-state index in [0.29, 0.717) is 11.3 Å². The first kappa shape index (κ1) is 14.8. The van der Waals surface area contributed by atoms with E-state index in [1.165, 1.54) is 6.92 Å². The smallest absolute Gasteiger partial charge is 0.308 e. The van der Waals surface area contributed by atoms with Crippen molar-refractivity contribution in [1.82, 2.24) is 0 Å². The highest BCUT2D eigenvalue weighted by molar-refractivity contribution is 6.07. The van der Waals surface area contributed by atoms with Gasteiger partial charge in [0.05, 0.1) is 0 Å². The van der Waals surface area contributed by atoms with Crippen molar-refractivity contribution >= 4 is 22.6 Å². The lowest BCUT2D eigenvalue weighted by atomic mass is 9.98. The highest BCUT2D eigenvalue weighted by Gasteiger charge is 2.10. The fourth-order valence-electron chi connectivity index (χ4n) is 2.62. The Morgan fingerprint density at radius 2 is 1.74 bits per heavy atom. The van der Waals surface area contributed by atoms with Crippen molar-refractivity contribution < 1.29 is 14.3 Å². The monoisotopic (exact) mass is 305 g/mol. The Balaban J connectivity index is 2.15. The van der Waals surface area contributed by atoms with Crippen molar-refractivity contribution in [3.8, 4) is 16.9 Å². The first-order chi connectivity index (χ1) is 11.1. The van der Waals surface area contributed by atoms with Gasteiger partial charge >= 0.3 is 5.97 Å². The zero-order valence-electron chi connectivity index (χ0n) is 12.6. The number of primary amides is 1. The summed E-state index contributed by atoms with van der Waals surface area (Å²) in [7, 11) is 0. The Morgan fingerprint density at radius 3 is 2.48 bits per heavy atom. The highest BCUT2D eigenvalue weighted by Crippen LogP contribution is 2.32. The van der Waals surface area contributed by atoms with Gasteiger partial charge in [-0.1, -0.05) is 42.5 Å². The number of benzene rings is 3. The number of fused-ring (bicyclic) bond motifs is 1. The molecule has 0 aromatic heterocycles. The van der Waals surface area contributed by atoms with E-state index in [-0.39, 0.29) is 5.97 Å². The highest BCUT2D eigenvalue weighted by atomic mass is 16.5. The maximum Gasteiger partial charge on any atom is 0.308 e. The molecule has 0 spiro atoms. The number of para-hydroxylation sites is 1. The van der Waals surface area contributed by atoms with Gasteiger partial charge in [0.25, 0.3) is 0 Å². The molecular weight excluding hydrogens is 290 g/mol. The third kappa shape index (κ3) is 2.92. The molecule has 3 rings (SSSR count). The summed E-state index contributed by atoms with van der Waals surface area (Å²) < 4.78 is 5.26. The lowest BCUT2D eigenvalue weighted by Gasteiger charge is -2.10. The molecule has 0 radical (unpaired) electrons. The van der Waals surface area contributed by atoms with Crippen LogP contribution in [0.5, 0.6) is 5.75 Å². The molecule has 2 N–H and O–H groups in total. The minimum atomic E-state index is -0.455. The molecule has 0 unspecified atom stereocenters. The first-order valence-corrected chi connectivity index (χ1v) is 7.16. The van der Waals surface area contributed by atoms with Crippen molar-refractivity contribution in [1.29, 1.82) is 0 Å². The Kier molecular flexibility index (Phi) is 3.81. The quantitative estimate of drug-likeness (QED) is 0.594. The summed E-state index contributed by atoms with van der Waals surface area (Å²) >= 11 is 0. The van der Waals surface area contributed by atoms with Crippen molar-refractivity contribution in [2.75, 3.05) is 0 Å². The van der Waals surface area contributed by atoms with Gasteiger partial charge in [-0.25, -0.2) is 0 Å². The minimum absolute atomic E-state index is 0.366. The predicted molar refractivity (Wildman–Crippen MR) is 89.2 cm³/mol. The molecule has 4 heteroatoms. The van der Waals surface area contributed by atoms with Crippen LogP contribution in [-0.4, -0.2) is 11.9 Å². The zero-order chi connectivity index (χ0) is 16.4. The number of carbonyl (C=O) groups excluding carboxylic acids is 2. The van der Waals surface area contributed by atoms with Crippen molar-refractivity contribution in [3.63, 3.8) is 0 Å². The van der Waals surface area contributed by atoms with Crippen LogP contribution >= 0.6 is 0 Å². The van der Waals surface area contributed by atoms with Crippen molar-refractivity contribution in [2.45, 2.75) is 6.92 Å². The van der Waals surface area contributed by atoms with E-state index in [1.54, 1.807) is 18.2 Å². The summed E-state index contributed by atoms with van der Waals surface area (Å²) in [6.07, 6.45) is 0. The third-order valence-electron chi connectivity index (χ3n) is 3.60. The van der Waals surface area contributed by atoms with Crippen LogP contribution in [0.2, 0.25) is 0 Å². The molecule has 3 aromatic carbocycles. The standard InChI is InChI=1S/C19H15NO3/c1-12(21)23-18-8-3-2-6-16(18)14-9-10-15-13(11-14)5-4-7-17(15)19(20)22/h2-11H,1H3,(H2,20,22). The maximum absolute atomic E-state index is 11.5. The molecule has 1 amide bonds. The maximum atomic E-state index is 11.5. The van der Waals surface area contributed by atoms with E-state index < -0.39 is 5.91 Å². The molecule has 0 saturated heterocycles. The van der Waals surface area contributed by atoms with Crippen LogP contribution in [0.25, 0.3) is 21.9 Å². The van der Waals surface area contributed by atoms with Gasteiger partial charge in [0, 0.05) is 18.1 Å². The van der Waals surface area contributed by atoms with E-state index in [4.69, 9.17) is 10.5 Å². The second-order valence-corrected chi connectivity index (χ2v) is 5.20. The van der Waals surface area contributed by atoms with Gasteiger partial charge in [-0.15, -0.1) is 0 Å². The van der Waals surface area contributed by atoms with Crippen LogP contribution in [0.3, 0.4) is 0 Å². The van der Waals surface area contributed by atoms with Gasteiger partial charge in [-0.2, -0.15) is 0 Å². The summed E-state index contributed by atoms with van der Waals surface area (Å²) in [5, 5.41) is 1.70. The average Bonchev–Trinajstić information content (AvgIpc) is 2.53. The molecule has 23 heavy (non-hydrogen) atoms. The molecule has 0 bridgehead atoms.